The molecule has 0 aliphatic carbocycles. The van der Waals surface area contributed by atoms with Gasteiger partial charge in [-0.2, -0.15) is 5.10 Å². The highest BCUT2D eigenvalue weighted by Gasteiger charge is 2.25. The van der Waals surface area contributed by atoms with E-state index in [0.717, 1.165) is 19.6 Å². The van der Waals surface area contributed by atoms with Crippen LogP contribution in [0, 0.1) is 0 Å². The molecule has 1 saturated heterocycles. The van der Waals surface area contributed by atoms with Gasteiger partial charge in [0.05, 0.1) is 11.2 Å². The van der Waals surface area contributed by atoms with Gasteiger partial charge >= 0.3 is 0 Å². The fourth-order valence-corrected chi connectivity index (χ4v) is 3.08. The van der Waals surface area contributed by atoms with E-state index in [1.807, 2.05) is 23.1 Å². The number of hydrogen-bond donors (Lipinski definition) is 0. The predicted molar refractivity (Wildman–Crippen MR) is 96.0 cm³/mol. The Bertz CT molecular complexity index is 698. The Kier molecular flexibility index (Phi) is 5.33. The van der Waals surface area contributed by atoms with Crippen molar-refractivity contribution >= 4 is 23.6 Å². The fourth-order valence-electron chi connectivity index (χ4n) is 2.84. The number of carbonyl (C=O) groups excluding carboxylic acids is 1. The summed E-state index contributed by atoms with van der Waals surface area (Å²) in [6, 6.07) is 10.3. The highest BCUT2D eigenvalue weighted by atomic mass is 35.5. The van der Waals surface area contributed by atoms with E-state index in [0.29, 0.717) is 23.8 Å². The van der Waals surface area contributed by atoms with Crippen molar-refractivity contribution in [3.8, 4) is 0 Å². The normalized spacial score (nSPS) is 16.0. The minimum Gasteiger partial charge on any atom is -0.335 e. The van der Waals surface area contributed by atoms with E-state index in [9.17, 15) is 4.79 Å². The minimum absolute atomic E-state index is 0.0422. The van der Waals surface area contributed by atoms with Crippen LogP contribution in [0.25, 0.3) is 6.08 Å². The molecule has 1 aromatic heterocycles. The van der Waals surface area contributed by atoms with Gasteiger partial charge in [-0.15, -0.1) is 0 Å². The summed E-state index contributed by atoms with van der Waals surface area (Å²) >= 11 is 6.06. The highest BCUT2D eigenvalue weighted by Crippen LogP contribution is 2.17. The lowest BCUT2D eigenvalue weighted by Gasteiger charge is -2.34. The molecule has 0 radical (unpaired) electrons. The molecule has 0 atom stereocenters. The van der Waals surface area contributed by atoms with Crippen molar-refractivity contribution in [2.45, 2.75) is 0 Å². The molecule has 0 spiro atoms. The molecule has 2 aromatic rings. The summed E-state index contributed by atoms with van der Waals surface area (Å²) in [6.07, 6.45) is 5.82. The standard InChI is InChI=1S/C18H21ClN4O/c1-21-17(16(19)14-20-21)18(24)23-12-10-22(11-13-23)9-5-8-15-6-3-2-4-7-15/h2-8,14H,9-13H2,1H3/b8-5+. The Balaban J connectivity index is 1.51. The molecule has 24 heavy (non-hydrogen) atoms. The van der Waals surface area contributed by atoms with Crippen LogP contribution < -0.4 is 0 Å². The molecule has 0 bridgehead atoms. The SMILES string of the molecule is Cn1ncc(Cl)c1C(=O)N1CCN(C/C=C/c2ccccc2)CC1. The first-order valence-electron chi connectivity index (χ1n) is 8.06. The average Bonchev–Trinajstić information content (AvgIpc) is 2.94. The van der Waals surface area contributed by atoms with Crippen LogP contribution in [-0.4, -0.2) is 58.2 Å². The quantitative estimate of drug-likeness (QED) is 0.856. The van der Waals surface area contributed by atoms with Gasteiger partial charge in [0, 0.05) is 39.8 Å². The van der Waals surface area contributed by atoms with E-state index < -0.39 is 0 Å². The van der Waals surface area contributed by atoms with Crippen molar-refractivity contribution in [1.82, 2.24) is 19.6 Å². The van der Waals surface area contributed by atoms with Crippen LogP contribution >= 0.6 is 11.6 Å². The van der Waals surface area contributed by atoms with Crippen LogP contribution in [0.5, 0.6) is 0 Å². The zero-order valence-electron chi connectivity index (χ0n) is 13.7. The van der Waals surface area contributed by atoms with Gasteiger partial charge in [-0.25, -0.2) is 0 Å². The van der Waals surface area contributed by atoms with Crippen molar-refractivity contribution in [2.75, 3.05) is 32.7 Å². The summed E-state index contributed by atoms with van der Waals surface area (Å²) < 4.78 is 1.54. The Hall–Kier alpha value is -2.11. The predicted octanol–water partition coefficient (Wildman–Crippen LogP) is 2.54. The van der Waals surface area contributed by atoms with E-state index in [-0.39, 0.29) is 5.91 Å². The van der Waals surface area contributed by atoms with Gasteiger partial charge in [0.1, 0.15) is 5.69 Å². The van der Waals surface area contributed by atoms with E-state index in [2.05, 4.69) is 34.3 Å². The summed E-state index contributed by atoms with van der Waals surface area (Å²) in [7, 11) is 1.74. The number of carbonyl (C=O) groups is 1. The van der Waals surface area contributed by atoms with Gasteiger partial charge < -0.3 is 4.90 Å². The fraction of sp³-hybridized carbons (Fsp3) is 0.333. The Labute approximate surface area is 147 Å². The Morgan fingerprint density at radius 3 is 2.54 bits per heavy atom. The summed E-state index contributed by atoms with van der Waals surface area (Å²) in [4.78, 5) is 16.7. The summed E-state index contributed by atoms with van der Waals surface area (Å²) in [5.74, 6) is -0.0422. The monoisotopic (exact) mass is 344 g/mol. The maximum Gasteiger partial charge on any atom is 0.273 e. The van der Waals surface area contributed by atoms with Crippen molar-refractivity contribution in [2.24, 2.45) is 7.05 Å². The molecule has 6 heteroatoms. The number of rotatable bonds is 4. The number of benzene rings is 1. The topological polar surface area (TPSA) is 41.4 Å². The van der Waals surface area contributed by atoms with Gasteiger partial charge in [0.25, 0.3) is 5.91 Å². The molecule has 5 nitrogen and oxygen atoms in total. The van der Waals surface area contributed by atoms with Crippen molar-refractivity contribution in [3.05, 3.63) is 58.9 Å². The third-order valence-electron chi connectivity index (χ3n) is 4.23. The lowest BCUT2D eigenvalue weighted by molar-refractivity contribution is 0.0639. The molecule has 2 heterocycles. The van der Waals surface area contributed by atoms with Crippen molar-refractivity contribution in [1.29, 1.82) is 0 Å². The molecular formula is C18H21ClN4O. The number of aromatic nitrogens is 2. The molecule has 0 saturated carbocycles. The average molecular weight is 345 g/mol. The molecule has 0 unspecified atom stereocenters. The van der Waals surface area contributed by atoms with Gasteiger partial charge in [0.2, 0.25) is 0 Å². The minimum atomic E-state index is -0.0422. The van der Waals surface area contributed by atoms with Crippen molar-refractivity contribution < 1.29 is 4.79 Å². The lowest BCUT2D eigenvalue weighted by Crippen LogP contribution is -2.49. The molecule has 3 rings (SSSR count). The Morgan fingerprint density at radius 2 is 1.92 bits per heavy atom. The maximum absolute atomic E-state index is 12.6. The van der Waals surface area contributed by atoms with E-state index in [1.165, 1.54) is 11.8 Å². The van der Waals surface area contributed by atoms with Crippen molar-refractivity contribution in [3.63, 3.8) is 0 Å². The molecule has 1 fully saturated rings. The van der Waals surface area contributed by atoms with E-state index >= 15 is 0 Å². The summed E-state index contributed by atoms with van der Waals surface area (Å²) in [5, 5.41) is 4.45. The Morgan fingerprint density at radius 1 is 1.21 bits per heavy atom. The van der Waals surface area contributed by atoms with Crippen LogP contribution in [0.2, 0.25) is 5.02 Å². The largest absolute Gasteiger partial charge is 0.335 e. The number of hydrogen-bond acceptors (Lipinski definition) is 3. The number of halogens is 1. The smallest absolute Gasteiger partial charge is 0.273 e. The van der Waals surface area contributed by atoms with E-state index in [1.54, 1.807) is 11.7 Å². The van der Waals surface area contributed by atoms with Crippen LogP contribution in [0.3, 0.4) is 0 Å². The number of aryl methyl sites for hydroxylation is 1. The van der Waals surface area contributed by atoms with Crippen LogP contribution in [0.1, 0.15) is 16.1 Å². The highest BCUT2D eigenvalue weighted by molar-refractivity contribution is 6.33. The van der Waals surface area contributed by atoms with Gasteiger partial charge in [-0.05, 0) is 5.56 Å². The third-order valence-corrected chi connectivity index (χ3v) is 4.51. The third kappa shape index (κ3) is 3.86. The molecule has 1 aromatic carbocycles. The second kappa shape index (κ2) is 7.64. The van der Waals surface area contributed by atoms with E-state index in [4.69, 9.17) is 11.6 Å². The van der Waals surface area contributed by atoms with Gasteiger partial charge in [0.15, 0.2) is 0 Å². The van der Waals surface area contributed by atoms with Crippen LogP contribution in [0.15, 0.2) is 42.6 Å². The summed E-state index contributed by atoms with van der Waals surface area (Å²) in [6.45, 7) is 4.03. The number of nitrogens with zero attached hydrogens (tertiary/aromatic N) is 4. The second-order valence-corrected chi connectivity index (χ2v) is 6.28. The summed E-state index contributed by atoms with van der Waals surface area (Å²) in [5.41, 5.74) is 1.67. The molecule has 1 aliphatic rings. The zero-order valence-corrected chi connectivity index (χ0v) is 14.5. The molecule has 1 aliphatic heterocycles. The first-order chi connectivity index (χ1) is 11.6. The molecule has 0 N–H and O–H groups in total. The number of amides is 1. The van der Waals surface area contributed by atoms with Crippen LogP contribution in [-0.2, 0) is 7.05 Å². The molecule has 126 valence electrons. The lowest BCUT2D eigenvalue weighted by atomic mass is 10.2. The second-order valence-electron chi connectivity index (χ2n) is 5.87. The van der Waals surface area contributed by atoms with Gasteiger partial charge in [-0.1, -0.05) is 54.1 Å². The molecular weight excluding hydrogens is 324 g/mol. The maximum atomic E-state index is 12.6. The first-order valence-corrected chi connectivity index (χ1v) is 8.43. The van der Waals surface area contributed by atoms with Crippen LogP contribution in [0.4, 0.5) is 0 Å². The zero-order chi connectivity index (χ0) is 16.9. The number of piperazine rings is 1. The van der Waals surface area contributed by atoms with Gasteiger partial charge in [-0.3, -0.25) is 14.4 Å². The first kappa shape index (κ1) is 16.7. The molecule has 1 amide bonds.